The van der Waals surface area contributed by atoms with E-state index in [9.17, 15) is 9.90 Å². The first kappa shape index (κ1) is 14.9. The molecular weight excluding hydrogens is 282 g/mol. The maximum Gasteiger partial charge on any atom is 0.351 e. The quantitative estimate of drug-likeness (QED) is 0.401. The van der Waals surface area contributed by atoms with Crippen LogP contribution in [0.1, 0.15) is 18.2 Å². The normalized spacial score (nSPS) is 25.2. The summed E-state index contributed by atoms with van der Waals surface area (Å²) in [4.78, 5) is 15.5. The van der Waals surface area contributed by atoms with Gasteiger partial charge in [0.25, 0.3) is 0 Å². The van der Waals surface area contributed by atoms with Gasteiger partial charge >= 0.3 is 5.69 Å². The van der Waals surface area contributed by atoms with Crippen LogP contribution in [0.3, 0.4) is 0 Å². The monoisotopic (exact) mass is 297 g/mol. The predicted octanol–water partition coefficient (Wildman–Crippen LogP) is -1.25. The van der Waals surface area contributed by atoms with Crippen LogP contribution < -0.4 is 11.4 Å². The van der Waals surface area contributed by atoms with Gasteiger partial charge in [0.15, 0.2) is 0 Å². The fourth-order valence-electron chi connectivity index (χ4n) is 1.97. The van der Waals surface area contributed by atoms with Crippen LogP contribution in [0, 0.1) is 11.8 Å². The Labute approximate surface area is 120 Å². The van der Waals surface area contributed by atoms with Crippen LogP contribution >= 0.6 is 12.6 Å². The van der Waals surface area contributed by atoms with E-state index in [2.05, 4.69) is 29.5 Å². The van der Waals surface area contributed by atoms with Gasteiger partial charge < -0.3 is 20.7 Å². The molecule has 8 heteroatoms. The lowest BCUT2D eigenvalue weighted by Gasteiger charge is -2.14. The van der Waals surface area contributed by atoms with Gasteiger partial charge in [-0.3, -0.25) is 4.57 Å². The Morgan fingerprint density at radius 3 is 3.00 bits per heavy atom. The van der Waals surface area contributed by atoms with Crippen LogP contribution in [-0.2, 0) is 4.74 Å². The van der Waals surface area contributed by atoms with Crippen LogP contribution in [0.25, 0.3) is 0 Å². The minimum atomic E-state index is -0.832. The largest absolute Gasteiger partial charge is 0.394 e. The molecule has 4 N–H and O–H groups in total. The van der Waals surface area contributed by atoms with Crippen molar-refractivity contribution in [3.05, 3.63) is 22.2 Å². The zero-order chi connectivity index (χ0) is 14.7. The maximum atomic E-state index is 11.8. The number of ether oxygens (including phenoxy) is 1. The SMILES string of the molecule is Nc1nc(=O)n([C@H]2C[C@H](O)[C@@H](CO)O2)cc1C#CCS. The van der Waals surface area contributed by atoms with E-state index in [4.69, 9.17) is 15.6 Å². The Morgan fingerprint density at radius 2 is 2.40 bits per heavy atom. The van der Waals surface area contributed by atoms with Crippen molar-refractivity contribution in [3.63, 3.8) is 0 Å². The highest BCUT2D eigenvalue weighted by Gasteiger charge is 2.35. The molecule has 0 bridgehead atoms. The molecular formula is C12H15N3O4S. The average Bonchev–Trinajstić information content (AvgIpc) is 2.79. The van der Waals surface area contributed by atoms with Gasteiger partial charge in [0, 0.05) is 12.6 Å². The molecule has 108 valence electrons. The van der Waals surface area contributed by atoms with Crippen molar-refractivity contribution < 1.29 is 14.9 Å². The number of hydrogen-bond donors (Lipinski definition) is 4. The zero-order valence-corrected chi connectivity index (χ0v) is 11.5. The molecule has 0 unspecified atom stereocenters. The first-order chi connectivity index (χ1) is 9.56. The van der Waals surface area contributed by atoms with E-state index >= 15 is 0 Å². The molecule has 0 amide bonds. The van der Waals surface area contributed by atoms with Crippen LogP contribution in [0.4, 0.5) is 5.82 Å². The fourth-order valence-corrected chi connectivity index (χ4v) is 2.05. The Hall–Kier alpha value is -1.53. The molecule has 0 spiro atoms. The second kappa shape index (κ2) is 6.28. The van der Waals surface area contributed by atoms with Gasteiger partial charge in [-0.15, -0.1) is 0 Å². The minimum Gasteiger partial charge on any atom is -0.394 e. The van der Waals surface area contributed by atoms with E-state index in [1.54, 1.807) is 0 Å². The first-order valence-electron chi connectivity index (χ1n) is 5.99. The molecule has 3 atom stereocenters. The molecule has 1 aromatic heterocycles. The molecule has 1 aliphatic heterocycles. The molecule has 2 rings (SSSR count). The number of nitrogen functional groups attached to an aromatic ring is 1. The van der Waals surface area contributed by atoms with Gasteiger partial charge in [0.1, 0.15) is 18.1 Å². The summed E-state index contributed by atoms with van der Waals surface area (Å²) in [5.74, 6) is 5.86. The van der Waals surface area contributed by atoms with Crippen molar-refractivity contribution >= 4 is 18.4 Å². The summed E-state index contributed by atoms with van der Waals surface area (Å²) in [6.07, 6.45) is -0.605. The van der Waals surface area contributed by atoms with Crippen molar-refractivity contribution in [2.24, 2.45) is 0 Å². The third kappa shape index (κ3) is 2.96. The predicted molar refractivity (Wildman–Crippen MR) is 75.3 cm³/mol. The number of rotatable bonds is 2. The van der Waals surface area contributed by atoms with Gasteiger partial charge in [-0.05, 0) is 0 Å². The van der Waals surface area contributed by atoms with Crippen molar-refractivity contribution in [1.82, 2.24) is 9.55 Å². The number of aliphatic hydroxyl groups is 2. The van der Waals surface area contributed by atoms with Crippen LogP contribution in [0.15, 0.2) is 11.0 Å². The van der Waals surface area contributed by atoms with Crippen LogP contribution in [0.2, 0.25) is 0 Å². The molecule has 2 heterocycles. The summed E-state index contributed by atoms with van der Waals surface area (Å²) < 4.78 is 6.63. The molecule has 1 aliphatic rings. The topological polar surface area (TPSA) is 111 Å². The van der Waals surface area contributed by atoms with Crippen LogP contribution in [-0.4, -0.2) is 44.3 Å². The van der Waals surface area contributed by atoms with Crippen LogP contribution in [0.5, 0.6) is 0 Å². The maximum absolute atomic E-state index is 11.8. The highest BCUT2D eigenvalue weighted by Crippen LogP contribution is 2.27. The van der Waals surface area contributed by atoms with Gasteiger partial charge in [-0.1, -0.05) is 11.8 Å². The Morgan fingerprint density at radius 1 is 1.65 bits per heavy atom. The summed E-state index contributed by atoms with van der Waals surface area (Å²) in [6.45, 7) is -0.318. The standard InChI is InChI=1S/C12H15N3O4S/c13-11-7(2-1-3-20)5-15(12(18)14-11)10-4-8(17)9(6-16)19-10/h5,8-10,16-17,20H,3-4,6H2,(H2,13,14,18)/t8-,9+,10+/m0/s1. The molecule has 0 aliphatic carbocycles. The van der Waals surface area contributed by atoms with Gasteiger partial charge in [-0.2, -0.15) is 17.6 Å². The number of nitrogens with zero attached hydrogens (tertiary/aromatic N) is 2. The second-order valence-electron chi connectivity index (χ2n) is 4.30. The molecule has 1 aromatic rings. The summed E-state index contributed by atoms with van der Waals surface area (Å²) in [7, 11) is 0. The van der Waals surface area contributed by atoms with Crippen molar-refractivity contribution in [2.45, 2.75) is 24.9 Å². The number of nitrogens with two attached hydrogens (primary N) is 1. The molecule has 0 aromatic carbocycles. The third-order valence-corrected chi connectivity index (χ3v) is 3.14. The lowest BCUT2D eigenvalue weighted by Crippen LogP contribution is -2.28. The van der Waals surface area contributed by atoms with E-state index in [0.29, 0.717) is 11.3 Å². The smallest absolute Gasteiger partial charge is 0.351 e. The first-order valence-corrected chi connectivity index (χ1v) is 6.62. The summed E-state index contributed by atoms with van der Waals surface area (Å²) >= 11 is 3.97. The van der Waals surface area contributed by atoms with Gasteiger partial charge in [0.05, 0.1) is 24.0 Å². The second-order valence-corrected chi connectivity index (χ2v) is 4.62. The molecule has 7 nitrogen and oxygen atoms in total. The fraction of sp³-hybridized carbons (Fsp3) is 0.500. The van der Waals surface area contributed by atoms with E-state index in [0.717, 1.165) is 0 Å². The highest BCUT2D eigenvalue weighted by molar-refractivity contribution is 7.80. The summed E-state index contributed by atoms with van der Waals surface area (Å²) in [5.41, 5.74) is 5.43. The zero-order valence-electron chi connectivity index (χ0n) is 10.6. The van der Waals surface area contributed by atoms with E-state index in [1.165, 1.54) is 10.8 Å². The van der Waals surface area contributed by atoms with E-state index in [1.807, 2.05) is 0 Å². The molecule has 1 fully saturated rings. The number of aromatic nitrogens is 2. The lowest BCUT2D eigenvalue weighted by atomic mass is 10.2. The van der Waals surface area contributed by atoms with Gasteiger partial charge in [-0.25, -0.2) is 4.79 Å². The minimum absolute atomic E-state index is 0.0396. The third-order valence-electron chi connectivity index (χ3n) is 2.98. The molecule has 20 heavy (non-hydrogen) atoms. The van der Waals surface area contributed by atoms with E-state index in [-0.39, 0.29) is 18.8 Å². The molecule has 0 radical (unpaired) electrons. The number of anilines is 1. The van der Waals surface area contributed by atoms with E-state index < -0.39 is 24.1 Å². The number of hydrogen-bond acceptors (Lipinski definition) is 7. The highest BCUT2D eigenvalue weighted by atomic mass is 32.1. The lowest BCUT2D eigenvalue weighted by molar-refractivity contribution is -0.0458. The summed E-state index contributed by atoms with van der Waals surface area (Å²) in [6, 6.07) is 0. The number of thiol groups is 1. The Bertz CT molecular complexity index is 607. The summed E-state index contributed by atoms with van der Waals surface area (Å²) in [5, 5.41) is 18.7. The van der Waals surface area contributed by atoms with Crippen molar-refractivity contribution in [1.29, 1.82) is 0 Å². The Kier molecular flexibility index (Phi) is 4.67. The molecule has 0 saturated carbocycles. The Balaban J connectivity index is 2.35. The average molecular weight is 297 g/mol. The molecule has 1 saturated heterocycles. The van der Waals surface area contributed by atoms with Gasteiger partial charge in [0.2, 0.25) is 0 Å². The van der Waals surface area contributed by atoms with Crippen molar-refractivity contribution in [3.8, 4) is 11.8 Å². The van der Waals surface area contributed by atoms with Crippen molar-refractivity contribution in [2.75, 3.05) is 18.1 Å². The number of aliphatic hydroxyl groups excluding tert-OH is 2.